The van der Waals surface area contributed by atoms with Crippen LogP contribution in [0.1, 0.15) is 45.4 Å². The molecule has 3 rings (SSSR count). The fourth-order valence-electron chi connectivity index (χ4n) is 3.22. The van der Waals surface area contributed by atoms with Gasteiger partial charge in [0.1, 0.15) is 11.6 Å². The quantitative estimate of drug-likeness (QED) is 0.681. The van der Waals surface area contributed by atoms with E-state index < -0.39 is 5.82 Å². The predicted octanol–water partition coefficient (Wildman–Crippen LogP) is 4.83. The largest absolute Gasteiger partial charge is 0.493 e. The maximum atomic E-state index is 14.1. The number of nitrogen functional groups attached to an aromatic ring is 1. The van der Waals surface area contributed by atoms with Gasteiger partial charge in [-0.1, -0.05) is 31.9 Å². The highest BCUT2D eigenvalue weighted by molar-refractivity contribution is 5.90. The summed E-state index contributed by atoms with van der Waals surface area (Å²) in [6, 6.07) is 3.13. The summed E-state index contributed by atoms with van der Waals surface area (Å²) in [5.41, 5.74) is 7.60. The fourth-order valence-corrected chi connectivity index (χ4v) is 3.22. The SMILES string of the molecule is C=C(CC[C@@H](CC)COc1cc(F)c2c(N)n[nH]c2c1)C1CCC1. The second-order valence-corrected chi connectivity index (χ2v) is 6.85. The molecule has 130 valence electrons. The van der Waals surface area contributed by atoms with Crippen molar-refractivity contribution in [3.63, 3.8) is 0 Å². The summed E-state index contributed by atoms with van der Waals surface area (Å²) in [5, 5.41) is 6.89. The topological polar surface area (TPSA) is 63.9 Å². The number of aromatic amines is 1. The summed E-state index contributed by atoms with van der Waals surface area (Å²) in [6.45, 7) is 6.99. The van der Waals surface area contributed by atoms with Crippen molar-refractivity contribution >= 4 is 16.7 Å². The van der Waals surface area contributed by atoms with Gasteiger partial charge in [0.2, 0.25) is 0 Å². The first-order valence-corrected chi connectivity index (χ1v) is 8.82. The highest BCUT2D eigenvalue weighted by Crippen LogP contribution is 2.35. The fraction of sp³-hybridized carbons (Fsp3) is 0.526. The molecule has 0 radical (unpaired) electrons. The van der Waals surface area contributed by atoms with Gasteiger partial charge in [-0.05, 0) is 37.5 Å². The molecular formula is C19H26FN3O. The number of anilines is 1. The lowest BCUT2D eigenvalue weighted by atomic mass is 9.78. The van der Waals surface area contributed by atoms with Gasteiger partial charge < -0.3 is 10.5 Å². The molecule has 0 saturated heterocycles. The van der Waals surface area contributed by atoms with Gasteiger partial charge in [0.15, 0.2) is 5.82 Å². The number of rotatable bonds is 8. The number of hydrogen-bond donors (Lipinski definition) is 2. The van der Waals surface area contributed by atoms with Crippen LogP contribution < -0.4 is 10.5 Å². The minimum atomic E-state index is -0.403. The molecular weight excluding hydrogens is 305 g/mol. The number of nitrogens with two attached hydrogens (primary N) is 1. The van der Waals surface area contributed by atoms with E-state index in [1.54, 1.807) is 6.07 Å². The Morgan fingerprint density at radius 2 is 2.29 bits per heavy atom. The van der Waals surface area contributed by atoms with Crippen molar-refractivity contribution in [3.8, 4) is 5.75 Å². The van der Waals surface area contributed by atoms with E-state index in [2.05, 4.69) is 23.7 Å². The zero-order chi connectivity index (χ0) is 17.1. The van der Waals surface area contributed by atoms with Crippen molar-refractivity contribution in [2.75, 3.05) is 12.3 Å². The summed E-state index contributed by atoms with van der Waals surface area (Å²) in [5.74, 6) is 1.48. The van der Waals surface area contributed by atoms with Crippen LogP contribution in [0.2, 0.25) is 0 Å². The summed E-state index contributed by atoms with van der Waals surface area (Å²) >= 11 is 0. The summed E-state index contributed by atoms with van der Waals surface area (Å²) < 4.78 is 19.9. The number of benzene rings is 1. The van der Waals surface area contributed by atoms with Gasteiger partial charge in [-0.2, -0.15) is 5.10 Å². The number of nitrogens with zero attached hydrogens (tertiary/aromatic N) is 1. The van der Waals surface area contributed by atoms with Crippen LogP contribution in [-0.4, -0.2) is 16.8 Å². The van der Waals surface area contributed by atoms with Crippen LogP contribution in [-0.2, 0) is 0 Å². The number of allylic oxidation sites excluding steroid dienone is 1. The Balaban J connectivity index is 1.55. The number of nitrogens with one attached hydrogen (secondary N) is 1. The third-order valence-electron chi connectivity index (χ3n) is 5.24. The third kappa shape index (κ3) is 3.55. The van der Waals surface area contributed by atoms with E-state index in [9.17, 15) is 4.39 Å². The van der Waals surface area contributed by atoms with Crippen LogP contribution in [0.4, 0.5) is 10.2 Å². The molecule has 1 fully saturated rings. The van der Waals surface area contributed by atoms with Crippen molar-refractivity contribution in [2.24, 2.45) is 11.8 Å². The Bertz CT molecular complexity index is 721. The van der Waals surface area contributed by atoms with Crippen molar-refractivity contribution in [1.82, 2.24) is 10.2 Å². The number of halogens is 1. The maximum Gasteiger partial charge on any atom is 0.156 e. The maximum absolute atomic E-state index is 14.1. The van der Waals surface area contributed by atoms with Crippen molar-refractivity contribution < 1.29 is 9.13 Å². The summed E-state index contributed by atoms with van der Waals surface area (Å²) in [6.07, 6.45) is 7.14. The summed E-state index contributed by atoms with van der Waals surface area (Å²) in [7, 11) is 0. The number of ether oxygens (including phenoxy) is 1. The third-order valence-corrected chi connectivity index (χ3v) is 5.24. The molecule has 0 aliphatic heterocycles. The van der Waals surface area contributed by atoms with Gasteiger partial charge in [0, 0.05) is 12.1 Å². The average Bonchev–Trinajstić information content (AvgIpc) is 2.87. The monoisotopic (exact) mass is 331 g/mol. The Labute approximate surface area is 142 Å². The summed E-state index contributed by atoms with van der Waals surface area (Å²) in [4.78, 5) is 0. The van der Waals surface area contributed by atoms with E-state index in [4.69, 9.17) is 10.5 Å². The predicted molar refractivity (Wildman–Crippen MR) is 95.5 cm³/mol. The van der Waals surface area contributed by atoms with E-state index in [0.717, 1.165) is 25.2 Å². The zero-order valence-electron chi connectivity index (χ0n) is 14.3. The van der Waals surface area contributed by atoms with Crippen LogP contribution in [0.15, 0.2) is 24.3 Å². The second-order valence-electron chi connectivity index (χ2n) is 6.85. The molecule has 1 heterocycles. The van der Waals surface area contributed by atoms with Gasteiger partial charge in [-0.3, -0.25) is 5.10 Å². The van der Waals surface area contributed by atoms with Crippen molar-refractivity contribution in [1.29, 1.82) is 0 Å². The van der Waals surface area contributed by atoms with Crippen molar-refractivity contribution in [3.05, 3.63) is 30.1 Å². The Morgan fingerprint density at radius 3 is 2.96 bits per heavy atom. The van der Waals surface area contributed by atoms with Gasteiger partial charge in [-0.25, -0.2) is 4.39 Å². The Hall–Kier alpha value is -2.04. The average molecular weight is 331 g/mol. The number of H-pyrrole nitrogens is 1. The molecule has 0 unspecified atom stereocenters. The molecule has 3 N–H and O–H groups in total. The lowest BCUT2D eigenvalue weighted by Crippen LogP contribution is -2.16. The van der Waals surface area contributed by atoms with Gasteiger partial charge in [-0.15, -0.1) is 0 Å². The highest BCUT2D eigenvalue weighted by Gasteiger charge is 2.21. The molecule has 1 aliphatic carbocycles. The molecule has 24 heavy (non-hydrogen) atoms. The molecule has 1 aromatic carbocycles. The van der Waals surface area contributed by atoms with Gasteiger partial charge in [0.05, 0.1) is 17.5 Å². The molecule has 0 amide bonds. The normalized spacial score (nSPS) is 16.1. The Morgan fingerprint density at radius 1 is 1.50 bits per heavy atom. The van der Waals surface area contributed by atoms with E-state index in [-0.39, 0.29) is 5.82 Å². The molecule has 1 saturated carbocycles. The first-order valence-electron chi connectivity index (χ1n) is 8.82. The van der Waals surface area contributed by atoms with E-state index in [0.29, 0.717) is 29.2 Å². The minimum Gasteiger partial charge on any atom is -0.493 e. The van der Waals surface area contributed by atoms with Gasteiger partial charge >= 0.3 is 0 Å². The van der Waals surface area contributed by atoms with Crippen LogP contribution >= 0.6 is 0 Å². The number of hydrogen-bond acceptors (Lipinski definition) is 3. The first-order chi connectivity index (χ1) is 11.6. The smallest absolute Gasteiger partial charge is 0.156 e. The number of aromatic nitrogens is 2. The van der Waals surface area contributed by atoms with Crippen LogP contribution in [0.5, 0.6) is 5.75 Å². The highest BCUT2D eigenvalue weighted by atomic mass is 19.1. The standard InChI is InChI=1S/C19H26FN3O/c1-3-13(8-7-12(2)14-5-4-6-14)11-24-15-9-16(20)18-17(10-15)22-23-19(18)21/h9-10,13-14H,2-8,11H2,1H3,(H3,21,22,23)/t13-/m1/s1. The van der Waals surface area contributed by atoms with Crippen molar-refractivity contribution in [2.45, 2.75) is 45.4 Å². The zero-order valence-corrected chi connectivity index (χ0v) is 14.3. The molecule has 1 aromatic heterocycles. The van der Waals surface area contributed by atoms with E-state index >= 15 is 0 Å². The lowest BCUT2D eigenvalue weighted by molar-refractivity contribution is 0.233. The van der Waals surface area contributed by atoms with Crippen LogP contribution in [0, 0.1) is 17.7 Å². The minimum absolute atomic E-state index is 0.176. The lowest BCUT2D eigenvalue weighted by Gasteiger charge is -2.28. The molecule has 0 spiro atoms. The van der Waals surface area contributed by atoms with Crippen LogP contribution in [0.3, 0.4) is 0 Å². The van der Waals surface area contributed by atoms with Crippen LogP contribution in [0.25, 0.3) is 10.9 Å². The Kier molecular flexibility index (Phi) is 5.07. The molecule has 0 bridgehead atoms. The first kappa shape index (κ1) is 16.8. The second kappa shape index (κ2) is 7.24. The van der Waals surface area contributed by atoms with E-state index in [1.165, 1.54) is 30.9 Å². The van der Waals surface area contributed by atoms with Gasteiger partial charge in [0.25, 0.3) is 0 Å². The molecule has 5 heteroatoms. The number of fused-ring (bicyclic) bond motifs is 1. The molecule has 2 aromatic rings. The van der Waals surface area contributed by atoms with E-state index in [1.807, 2.05) is 0 Å². The molecule has 1 aliphatic rings. The molecule has 4 nitrogen and oxygen atoms in total. The molecule has 1 atom stereocenters.